The van der Waals surface area contributed by atoms with Crippen molar-refractivity contribution in [2.24, 2.45) is 11.7 Å². The molecule has 0 bridgehead atoms. The van der Waals surface area contributed by atoms with Crippen LogP contribution in [0, 0.1) is 5.92 Å². The molecule has 34 heavy (non-hydrogen) atoms. The molecular formula is C26H31N5O3. The molecule has 8 heteroatoms. The molecule has 0 spiro atoms. The van der Waals surface area contributed by atoms with Crippen molar-refractivity contribution >= 4 is 22.6 Å². The van der Waals surface area contributed by atoms with Crippen LogP contribution in [0.15, 0.2) is 42.6 Å². The van der Waals surface area contributed by atoms with Gasteiger partial charge in [0.25, 0.3) is 5.91 Å². The van der Waals surface area contributed by atoms with E-state index in [0.29, 0.717) is 30.1 Å². The minimum absolute atomic E-state index is 0.0449. The number of nitrogens with zero attached hydrogens (tertiary/aromatic N) is 2. The normalized spacial score (nSPS) is 20.8. The van der Waals surface area contributed by atoms with Gasteiger partial charge in [0, 0.05) is 30.2 Å². The molecule has 2 aliphatic rings. The molecule has 1 fully saturated rings. The van der Waals surface area contributed by atoms with Crippen molar-refractivity contribution in [3.05, 3.63) is 53.9 Å². The fraction of sp³-hybridized carbons (Fsp3) is 0.423. The van der Waals surface area contributed by atoms with Crippen LogP contribution in [0.4, 0.5) is 5.82 Å². The Morgan fingerprint density at radius 2 is 2.06 bits per heavy atom. The third-order valence-electron chi connectivity index (χ3n) is 6.98. The van der Waals surface area contributed by atoms with Gasteiger partial charge in [-0.3, -0.25) is 9.78 Å². The summed E-state index contributed by atoms with van der Waals surface area (Å²) in [4.78, 5) is 20.5. The van der Waals surface area contributed by atoms with Crippen LogP contribution >= 0.6 is 0 Å². The summed E-state index contributed by atoms with van der Waals surface area (Å²) in [6, 6.07) is 12.4. The van der Waals surface area contributed by atoms with Crippen LogP contribution in [0.25, 0.3) is 10.9 Å². The number of carbonyl (C=O) groups is 1. The Labute approximate surface area is 199 Å². The zero-order chi connectivity index (χ0) is 23.5. The van der Waals surface area contributed by atoms with Crippen molar-refractivity contribution in [3.8, 4) is 11.5 Å². The summed E-state index contributed by atoms with van der Waals surface area (Å²) in [7, 11) is 1.68. The molecule has 0 saturated heterocycles. The number of anilines is 1. The number of aromatic nitrogens is 2. The van der Waals surface area contributed by atoms with E-state index in [-0.39, 0.29) is 18.6 Å². The lowest BCUT2D eigenvalue weighted by atomic mass is 9.79. The number of methoxy groups -OCH3 is 1. The van der Waals surface area contributed by atoms with Crippen molar-refractivity contribution in [3.63, 3.8) is 0 Å². The zero-order valence-corrected chi connectivity index (χ0v) is 19.4. The first-order chi connectivity index (χ1) is 16.6. The molecule has 1 aromatic carbocycles. The van der Waals surface area contributed by atoms with E-state index in [0.717, 1.165) is 54.5 Å². The summed E-state index contributed by atoms with van der Waals surface area (Å²) in [6.45, 7) is 0.707. The molecule has 3 heterocycles. The molecule has 0 radical (unpaired) electrons. The summed E-state index contributed by atoms with van der Waals surface area (Å²) in [6.07, 6.45) is 7.09. The smallest absolute Gasteiger partial charge is 0.263 e. The van der Waals surface area contributed by atoms with E-state index in [2.05, 4.69) is 32.7 Å². The van der Waals surface area contributed by atoms with Gasteiger partial charge in [-0.25, -0.2) is 4.98 Å². The predicted octanol–water partition coefficient (Wildman–Crippen LogP) is 3.19. The number of rotatable bonds is 7. The van der Waals surface area contributed by atoms with E-state index >= 15 is 0 Å². The molecule has 1 aliphatic heterocycles. The van der Waals surface area contributed by atoms with E-state index < -0.39 is 0 Å². The molecule has 1 saturated carbocycles. The number of pyridine rings is 2. The number of nitrogens with one attached hydrogen (secondary N) is 2. The standard InChI is InChI=1S/C26H31N5O3/c1-33-20-7-8-23-21(13-20)17(10-11-28-23)12-22(27)16-2-4-18(5-3-16)29-14-19-6-9-24-26(30-19)31-25(32)15-34-24/h6-11,13,16,18,22,29H,2-5,12,14-15,27H2,1H3,(H,30,31,32). The average Bonchev–Trinajstić information content (AvgIpc) is 2.87. The lowest BCUT2D eigenvalue weighted by Gasteiger charge is -2.33. The van der Waals surface area contributed by atoms with Crippen molar-refractivity contribution in [2.45, 2.75) is 50.7 Å². The van der Waals surface area contributed by atoms with Gasteiger partial charge < -0.3 is 25.8 Å². The number of fused-ring (bicyclic) bond motifs is 2. The lowest BCUT2D eigenvalue weighted by Crippen LogP contribution is -2.39. The molecule has 4 N–H and O–H groups in total. The maximum Gasteiger partial charge on any atom is 0.263 e. The average molecular weight is 462 g/mol. The molecule has 3 aromatic rings. The SMILES string of the molecule is COc1ccc2nccc(CC(N)C3CCC(NCc4ccc5c(n4)NC(=O)CO5)CC3)c2c1. The number of carbonyl (C=O) groups excluding carboxylic acids is 1. The van der Waals surface area contributed by atoms with Gasteiger partial charge in [-0.15, -0.1) is 0 Å². The first-order valence-corrected chi connectivity index (χ1v) is 11.9. The molecular weight excluding hydrogens is 430 g/mol. The van der Waals surface area contributed by atoms with Crippen molar-refractivity contribution < 1.29 is 14.3 Å². The number of ether oxygens (including phenoxy) is 2. The zero-order valence-electron chi connectivity index (χ0n) is 19.4. The molecule has 1 aliphatic carbocycles. The van der Waals surface area contributed by atoms with E-state index in [4.69, 9.17) is 15.2 Å². The molecule has 2 aromatic heterocycles. The summed E-state index contributed by atoms with van der Waals surface area (Å²) in [5, 5.41) is 7.51. The maximum atomic E-state index is 11.5. The van der Waals surface area contributed by atoms with Gasteiger partial charge in [0.15, 0.2) is 18.2 Å². The highest BCUT2D eigenvalue weighted by atomic mass is 16.5. The Balaban J connectivity index is 1.14. The second-order valence-electron chi connectivity index (χ2n) is 9.20. The number of amides is 1. The Hall–Kier alpha value is -3.23. The Kier molecular flexibility index (Phi) is 6.60. The van der Waals surface area contributed by atoms with Gasteiger partial charge in [-0.1, -0.05) is 0 Å². The summed E-state index contributed by atoms with van der Waals surface area (Å²) in [5.74, 6) is 2.30. The van der Waals surface area contributed by atoms with Gasteiger partial charge in [-0.05, 0) is 80.0 Å². The quantitative estimate of drug-likeness (QED) is 0.495. The molecule has 8 nitrogen and oxygen atoms in total. The van der Waals surface area contributed by atoms with Crippen LogP contribution < -0.4 is 25.8 Å². The molecule has 1 unspecified atom stereocenters. The predicted molar refractivity (Wildman–Crippen MR) is 131 cm³/mol. The van der Waals surface area contributed by atoms with Gasteiger partial charge >= 0.3 is 0 Å². The minimum Gasteiger partial charge on any atom is -0.497 e. The number of nitrogens with two attached hydrogens (primary N) is 1. The third kappa shape index (κ3) is 4.98. The van der Waals surface area contributed by atoms with Crippen molar-refractivity contribution in [1.82, 2.24) is 15.3 Å². The van der Waals surface area contributed by atoms with Crippen LogP contribution in [0.5, 0.6) is 11.5 Å². The second-order valence-corrected chi connectivity index (χ2v) is 9.20. The van der Waals surface area contributed by atoms with E-state index in [1.807, 2.05) is 30.5 Å². The van der Waals surface area contributed by atoms with Gasteiger partial charge in [0.2, 0.25) is 0 Å². The fourth-order valence-electron chi connectivity index (χ4n) is 5.01. The van der Waals surface area contributed by atoms with Crippen LogP contribution in [0.2, 0.25) is 0 Å². The maximum absolute atomic E-state index is 11.5. The molecule has 1 amide bonds. The van der Waals surface area contributed by atoms with E-state index in [9.17, 15) is 4.79 Å². The largest absolute Gasteiger partial charge is 0.497 e. The molecule has 1 atom stereocenters. The minimum atomic E-state index is -0.168. The summed E-state index contributed by atoms with van der Waals surface area (Å²) >= 11 is 0. The second kappa shape index (κ2) is 9.95. The van der Waals surface area contributed by atoms with Crippen molar-refractivity contribution in [2.75, 3.05) is 19.0 Å². The van der Waals surface area contributed by atoms with Gasteiger partial charge in [0.05, 0.1) is 18.3 Å². The topological polar surface area (TPSA) is 111 Å². The molecule has 178 valence electrons. The highest BCUT2D eigenvalue weighted by Gasteiger charge is 2.26. The van der Waals surface area contributed by atoms with Gasteiger partial charge in [0.1, 0.15) is 5.75 Å². The number of hydrogen-bond donors (Lipinski definition) is 3. The van der Waals surface area contributed by atoms with Crippen LogP contribution in [-0.2, 0) is 17.8 Å². The highest BCUT2D eigenvalue weighted by Crippen LogP contribution is 2.30. The number of hydrogen-bond acceptors (Lipinski definition) is 7. The van der Waals surface area contributed by atoms with Crippen molar-refractivity contribution in [1.29, 1.82) is 0 Å². The Morgan fingerprint density at radius 3 is 2.88 bits per heavy atom. The van der Waals surface area contributed by atoms with Crippen LogP contribution in [0.3, 0.4) is 0 Å². The number of benzene rings is 1. The van der Waals surface area contributed by atoms with Crippen LogP contribution in [0.1, 0.15) is 36.9 Å². The summed E-state index contributed by atoms with van der Waals surface area (Å²) in [5.41, 5.74) is 9.79. The van der Waals surface area contributed by atoms with Gasteiger partial charge in [-0.2, -0.15) is 0 Å². The first kappa shape index (κ1) is 22.6. The fourth-order valence-corrected chi connectivity index (χ4v) is 5.01. The highest BCUT2D eigenvalue weighted by molar-refractivity contribution is 5.94. The van der Waals surface area contributed by atoms with Crippen LogP contribution in [-0.4, -0.2) is 41.7 Å². The first-order valence-electron chi connectivity index (χ1n) is 11.9. The third-order valence-corrected chi connectivity index (χ3v) is 6.98. The van der Waals surface area contributed by atoms with E-state index in [1.54, 1.807) is 7.11 Å². The summed E-state index contributed by atoms with van der Waals surface area (Å²) < 4.78 is 10.8. The van der Waals surface area contributed by atoms with E-state index in [1.165, 1.54) is 5.56 Å². The Morgan fingerprint density at radius 1 is 1.21 bits per heavy atom. The lowest BCUT2D eigenvalue weighted by molar-refractivity contribution is -0.118. The molecule has 5 rings (SSSR count). The monoisotopic (exact) mass is 461 g/mol. The Bertz CT molecular complexity index is 1180.